The van der Waals surface area contributed by atoms with Crippen LogP contribution in [0.5, 0.6) is 17.2 Å². The zero-order chi connectivity index (χ0) is 29.7. The quantitative estimate of drug-likeness (QED) is 0.293. The number of nitrogens with one attached hydrogen (secondary N) is 3. The number of fused-ring (bicyclic) bond motifs is 3. The minimum Gasteiger partial charge on any atom is -0.493 e. The number of carbonyl (C=O) groups excluding carboxylic acids is 2. The SMILES string of the molecule is COc1cc2c(c(OC)c1OC)-c1ccc(NCCCC(=O)Nc3nc(C)c(C)s3)c(=O)cc1[C@@H](NC(C)=O)CC2. The summed E-state index contributed by atoms with van der Waals surface area (Å²) < 4.78 is 17.0. The smallest absolute Gasteiger partial charge is 0.226 e. The summed E-state index contributed by atoms with van der Waals surface area (Å²) >= 11 is 1.45. The normalized spacial score (nSPS) is 13.8. The average molecular weight is 581 g/mol. The van der Waals surface area contributed by atoms with E-state index in [2.05, 4.69) is 20.9 Å². The maximum absolute atomic E-state index is 13.4. The van der Waals surface area contributed by atoms with Crippen LogP contribution in [0.1, 0.15) is 53.9 Å². The van der Waals surface area contributed by atoms with E-state index in [1.165, 1.54) is 18.3 Å². The van der Waals surface area contributed by atoms with Crippen LogP contribution < -0.4 is 35.6 Å². The largest absolute Gasteiger partial charge is 0.493 e. The first-order valence-electron chi connectivity index (χ1n) is 13.4. The van der Waals surface area contributed by atoms with Crippen molar-refractivity contribution in [2.75, 3.05) is 38.5 Å². The highest BCUT2D eigenvalue weighted by Gasteiger charge is 2.29. The number of thiazole rings is 1. The molecular weight excluding hydrogens is 544 g/mol. The van der Waals surface area contributed by atoms with Gasteiger partial charge in [0.15, 0.2) is 16.6 Å². The van der Waals surface area contributed by atoms with E-state index in [-0.39, 0.29) is 29.7 Å². The van der Waals surface area contributed by atoms with Crippen LogP contribution in [0.4, 0.5) is 10.8 Å². The summed E-state index contributed by atoms with van der Waals surface area (Å²) in [5, 5.41) is 9.62. The van der Waals surface area contributed by atoms with Gasteiger partial charge in [-0.1, -0.05) is 6.07 Å². The van der Waals surface area contributed by atoms with Crippen molar-refractivity contribution in [1.82, 2.24) is 10.3 Å². The Kier molecular flexibility index (Phi) is 9.49. The van der Waals surface area contributed by atoms with Gasteiger partial charge >= 0.3 is 0 Å². The number of aromatic nitrogens is 1. The van der Waals surface area contributed by atoms with Gasteiger partial charge in [-0.15, -0.1) is 11.3 Å². The second kappa shape index (κ2) is 13.0. The van der Waals surface area contributed by atoms with Crippen LogP contribution in [0.15, 0.2) is 29.1 Å². The summed E-state index contributed by atoms with van der Waals surface area (Å²) in [7, 11) is 4.68. The number of hydrogen-bond donors (Lipinski definition) is 3. The number of amides is 2. The highest BCUT2D eigenvalue weighted by atomic mass is 32.1. The Balaban J connectivity index is 1.63. The fourth-order valence-electron chi connectivity index (χ4n) is 5.03. The topological polar surface area (TPSA) is 128 Å². The molecule has 0 fully saturated rings. The second-order valence-corrected chi connectivity index (χ2v) is 11.0. The molecule has 1 aliphatic carbocycles. The van der Waals surface area contributed by atoms with Crippen LogP contribution in [0.3, 0.4) is 0 Å². The fraction of sp³-hybridized carbons (Fsp3) is 0.400. The fourth-order valence-corrected chi connectivity index (χ4v) is 5.86. The molecule has 0 radical (unpaired) electrons. The molecule has 2 amide bonds. The molecule has 1 aromatic heterocycles. The summed E-state index contributed by atoms with van der Waals surface area (Å²) in [5.41, 5.74) is 4.28. The molecule has 218 valence electrons. The van der Waals surface area contributed by atoms with Crippen molar-refractivity contribution in [2.24, 2.45) is 0 Å². The Labute approximate surface area is 243 Å². The molecule has 1 aliphatic rings. The zero-order valence-electron chi connectivity index (χ0n) is 24.2. The maximum Gasteiger partial charge on any atom is 0.226 e. The van der Waals surface area contributed by atoms with Crippen molar-refractivity contribution in [3.05, 3.63) is 56.2 Å². The summed E-state index contributed by atoms with van der Waals surface area (Å²) in [4.78, 5) is 43.3. The van der Waals surface area contributed by atoms with Gasteiger partial charge in [-0.05, 0) is 68.0 Å². The Morgan fingerprint density at radius 2 is 1.83 bits per heavy atom. The van der Waals surface area contributed by atoms with Crippen molar-refractivity contribution >= 4 is 34.0 Å². The molecule has 1 atom stereocenters. The molecule has 3 N–H and O–H groups in total. The number of carbonyl (C=O) groups is 2. The van der Waals surface area contributed by atoms with Gasteiger partial charge in [0.2, 0.25) is 23.0 Å². The molecule has 11 heteroatoms. The molecule has 0 spiro atoms. The lowest BCUT2D eigenvalue weighted by Crippen LogP contribution is -2.26. The standard InChI is InChI=1S/C30H36N4O6S/c1-16-17(2)41-30(32-16)34-26(37)8-7-13-31-23-12-10-20-21(15-24(23)36)22(33-18(3)35)11-9-19-14-25(38-4)28(39-5)29(40-6)27(19)20/h10,12,14-15,22H,7-9,11,13H2,1-6H3,(H,31,36)(H,33,35)(H,32,34,37)/t22-/m0/s1. The van der Waals surface area contributed by atoms with E-state index in [9.17, 15) is 14.4 Å². The van der Waals surface area contributed by atoms with E-state index < -0.39 is 0 Å². The predicted octanol–water partition coefficient (Wildman–Crippen LogP) is 4.77. The van der Waals surface area contributed by atoms with Gasteiger partial charge in [0.05, 0.1) is 38.8 Å². The number of nitrogens with zero attached hydrogens (tertiary/aromatic N) is 1. The van der Waals surface area contributed by atoms with E-state index in [4.69, 9.17) is 14.2 Å². The summed E-state index contributed by atoms with van der Waals surface area (Å²) in [6.45, 7) is 5.76. The third-order valence-corrected chi connectivity index (χ3v) is 8.08. The molecule has 41 heavy (non-hydrogen) atoms. The molecule has 0 saturated carbocycles. The summed E-state index contributed by atoms with van der Waals surface area (Å²) in [6.07, 6.45) is 2.01. The molecule has 0 bridgehead atoms. The average Bonchev–Trinajstić information content (AvgIpc) is 3.07. The Bertz CT molecular complexity index is 1500. The highest BCUT2D eigenvalue weighted by Crippen LogP contribution is 2.50. The minimum atomic E-state index is -0.383. The molecule has 0 saturated heterocycles. The second-order valence-electron chi connectivity index (χ2n) is 9.83. The van der Waals surface area contributed by atoms with E-state index in [1.807, 2.05) is 26.0 Å². The molecule has 10 nitrogen and oxygen atoms in total. The molecule has 3 aromatic rings. The lowest BCUT2D eigenvalue weighted by Gasteiger charge is -2.19. The predicted molar refractivity (Wildman–Crippen MR) is 161 cm³/mol. The molecular formula is C30H36N4O6S. The van der Waals surface area contributed by atoms with Gasteiger partial charge in [-0.25, -0.2) is 4.98 Å². The van der Waals surface area contributed by atoms with Gasteiger partial charge in [0, 0.05) is 30.3 Å². The van der Waals surface area contributed by atoms with Gasteiger partial charge in [-0.3, -0.25) is 14.4 Å². The summed E-state index contributed by atoms with van der Waals surface area (Å²) in [5.74, 6) is 1.17. The van der Waals surface area contributed by atoms with E-state index in [0.29, 0.717) is 59.4 Å². The molecule has 1 heterocycles. The van der Waals surface area contributed by atoms with Crippen molar-refractivity contribution in [2.45, 2.75) is 52.5 Å². The van der Waals surface area contributed by atoms with Crippen LogP contribution in [-0.4, -0.2) is 44.7 Å². The molecule has 0 unspecified atom stereocenters. The lowest BCUT2D eigenvalue weighted by atomic mass is 9.95. The third kappa shape index (κ3) is 6.62. The van der Waals surface area contributed by atoms with Crippen LogP contribution in [0.2, 0.25) is 0 Å². The van der Waals surface area contributed by atoms with Crippen molar-refractivity contribution in [3.8, 4) is 28.4 Å². The monoisotopic (exact) mass is 580 g/mol. The van der Waals surface area contributed by atoms with E-state index >= 15 is 0 Å². The number of aryl methyl sites for hydroxylation is 3. The van der Waals surface area contributed by atoms with E-state index in [0.717, 1.165) is 27.3 Å². The van der Waals surface area contributed by atoms with Crippen LogP contribution in [0.25, 0.3) is 11.1 Å². The summed E-state index contributed by atoms with van der Waals surface area (Å²) in [6, 6.07) is 6.71. The van der Waals surface area contributed by atoms with Crippen molar-refractivity contribution in [3.63, 3.8) is 0 Å². The number of rotatable bonds is 10. The van der Waals surface area contributed by atoms with Gasteiger partial charge in [0.1, 0.15) is 0 Å². The number of anilines is 2. The van der Waals surface area contributed by atoms with Crippen molar-refractivity contribution < 1.29 is 23.8 Å². The van der Waals surface area contributed by atoms with Gasteiger partial charge < -0.3 is 30.2 Å². The van der Waals surface area contributed by atoms with E-state index in [1.54, 1.807) is 33.5 Å². The van der Waals surface area contributed by atoms with Gasteiger partial charge in [-0.2, -0.15) is 0 Å². The molecule has 4 rings (SSSR count). The Morgan fingerprint density at radius 1 is 1.07 bits per heavy atom. The first kappa shape index (κ1) is 29.9. The first-order chi connectivity index (χ1) is 19.7. The third-order valence-electron chi connectivity index (χ3n) is 7.09. The maximum atomic E-state index is 13.4. The first-order valence-corrected chi connectivity index (χ1v) is 14.2. The van der Waals surface area contributed by atoms with Crippen LogP contribution >= 0.6 is 11.3 Å². The van der Waals surface area contributed by atoms with Crippen LogP contribution in [0, 0.1) is 13.8 Å². The highest BCUT2D eigenvalue weighted by molar-refractivity contribution is 7.15. The van der Waals surface area contributed by atoms with Gasteiger partial charge in [0.25, 0.3) is 0 Å². The molecule has 0 aliphatic heterocycles. The molecule has 2 aromatic carbocycles. The number of hydrogen-bond acceptors (Lipinski definition) is 9. The van der Waals surface area contributed by atoms with Crippen molar-refractivity contribution in [1.29, 1.82) is 0 Å². The zero-order valence-corrected chi connectivity index (χ0v) is 25.0. The van der Waals surface area contributed by atoms with Crippen LogP contribution in [-0.2, 0) is 16.0 Å². The minimum absolute atomic E-state index is 0.126. The number of ether oxygens (including phenoxy) is 3. The Morgan fingerprint density at radius 3 is 2.46 bits per heavy atom. The number of methoxy groups -OCH3 is 3. The Hall–Kier alpha value is -4.12. The lowest BCUT2D eigenvalue weighted by molar-refractivity contribution is -0.119. The number of benzene rings is 1.